The van der Waals surface area contributed by atoms with E-state index in [9.17, 15) is 4.79 Å². The van der Waals surface area contributed by atoms with Crippen molar-refractivity contribution in [3.63, 3.8) is 0 Å². The lowest BCUT2D eigenvalue weighted by Crippen LogP contribution is -2.18. The number of nitrogens with one attached hydrogen (secondary N) is 2. The molecule has 1 saturated heterocycles. The van der Waals surface area contributed by atoms with Crippen LogP contribution in [0, 0.1) is 0 Å². The molecule has 0 bridgehead atoms. The van der Waals surface area contributed by atoms with Crippen molar-refractivity contribution < 1.29 is 4.79 Å². The number of anilines is 2. The fraction of sp³-hybridized carbons (Fsp3) is 0.263. The Hall–Kier alpha value is -2.84. The van der Waals surface area contributed by atoms with E-state index in [0.717, 1.165) is 28.1 Å². The molecule has 2 N–H and O–H groups in total. The first-order valence-electron chi connectivity index (χ1n) is 8.97. The largest absolute Gasteiger partial charge is 0.344 e. The van der Waals surface area contributed by atoms with Crippen molar-refractivity contribution in [3.8, 4) is 0 Å². The van der Waals surface area contributed by atoms with Gasteiger partial charge < -0.3 is 10.6 Å². The van der Waals surface area contributed by atoms with Crippen molar-refractivity contribution in [1.29, 1.82) is 0 Å². The smallest absolute Gasteiger partial charge is 0.267 e. The van der Waals surface area contributed by atoms with Gasteiger partial charge in [0.2, 0.25) is 0 Å². The Balaban J connectivity index is 1.35. The average Bonchev–Trinajstić information content (AvgIpc) is 3.33. The molecule has 0 saturated carbocycles. The Morgan fingerprint density at radius 3 is 2.81 bits per heavy atom. The summed E-state index contributed by atoms with van der Waals surface area (Å²) in [6.45, 7) is 3.32. The summed E-state index contributed by atoms with van der Waals surface area (Å²) < 4.78 is 0. The highest BCUT2D eigenvalue weighted by molar-refractivity contribution is 7.21. The van der Waals surface area contributed by atoms with Crippen LogP contribution >= 0.6 is 11.3 Å². The number of hydrogen-bond acceptors (Lipinski definition) is 7. The number of carbonyl (C=O) groups is 1. The van der Waals surface area contributed by atoms with Crippen LogP contribution in [0.1, 0.15) is 28.1 Å². The predicted molar refractivity (Wildman–Crippen MR) is 108 cm³/mol. The summed E-state index contributed by atoms with van der Waals surface area (Å²) in [5.41, 5.74) is 2.78. The second-order valence-electron chi connectivity index (χ2n) is 6.72. The number of hydrogen-bond donors (Lipinski definition) is 2. The Morgan fingerprint density at radius 2 is 2.00 bits per heavy atom. The molecular weight excluding hydrogens is 360 g/mol. The highest BCUT2D eigenvalue weighted by atomic mass is 32.1. The van der Waals surface area contributed by atoms with Gasteiger partial charge in [-0.15, -0.1) is 11.3 Å². The van der Waals surface area contributed by atoms with E-state index in [1.165, 1.54) is 49.2 Å². The fourth-order valence-corrected chi connectivity index (χ4v) is 4.55. The van der Waals surface area contributed by atoms with E-state index in [2.05, 4.69) is 42.6 Å². The highest BCUT2D eigenvalue weighted by Crippen LogP contribution is 2.40. The van der Waals surface area contributed by atoms with Gasteiger partial charge in [-0.3, -0.25) is 9.69 Å². The molecule has 5 rings (SSSR count). The van der Waals surface area contributed by atoms with E-state index in [1.807, 2.05) is 12.1 Å². The number of nitrogens with zero attached hydrogens (tertiary/aromatic N) is 4. The number of carbonyl (C=O) groups excluding carboxylic acids is 1. The molecule has 3 aromatic rings. The molecule has 1 aromatic carbocycles. The van der Waals surface area contributed by atoms with Gasteiger partial charge in [0.05, 0.1) is 17.4 Å². The first-order valence-corrected chi connectivity index (χ1v) is 9.79. The van der Waals surface area contributed by atoms with Gasteiger partial charge in [-0.1, -0.05) is 12.1 Å². The lowest BCUT2D eigenvalue weighted by atomic mass is 10.2. The third-order valence-electron chi connectivity index (χ3n) is 4.89. The van der Waals surface area contributed by atoms with Gasteiger partial charge in [-0.05, 0) is 43.6 Å². The summed E-state index contributed by atoms with van der Waals surface area (Å²) >= 11 is 1.34. The van der Waals surface area contributed by atoms with Gasteiger partial charge in [0.25, 0.3) is 5.91 Å². The Labute approximate surface area is 160 Å². The highest BCUT2D eigenvalue weighted by Gasteiger charge is 2.23. The zero-order chi connectivity index (χ0) is 18.2. The molecule has 0 spiro atoms. The number of aliphatic imine (C=N–C) groups is 1. The maximum atomic E-state index is 12.8. The van der Waals surface area contributed by atoms with Crippen LogP contribution in [0.3, 0.4) is 0 Å². The standard InChI is InChI=1S/C19H18N6OS/c26-18(16-15-14-17(21-10-20-15)22-11-23-19(14)27-16)24-13-5-3-12(4-6-13)9-25-7-1-2-8-25/h3-6,10-11H,1-2,7-9H2,(H,24,26)(H,20,21,22,23). The SMILES string of the molecule is O=C(Nc1ccc(CN2CCCC2)cc1)c1sc2ncnc3c2c1NC=N3. The molecule has 2 aromatic heterocycles. The molecule has 8 heteroatoms. The number of likely N-dealkylation sites (tertiary alicyclic amines) is 1. The maximum Gasteiger partial charge on any atom is 0.267 e. The Kier molecular flexibility index (Phi) is 4.06. The molecule has 0 radical (unpaired) electrons. The number of aromatic nitrogens is 2. The molecule has 7 nitrogen and oxygen atoms in total. The summed E-state index contributed by atoms with van der Waals surface area (Å²) in [5.74, 6) is 0.435. The van der Waals surface area contributed by atoms with E-state index in [1.54, 1.807) is 6.34 Å². The molecule has 0 unspecified atom stereocenters. The Morgan fingerprint density at radius 1 is 1.19 bits per heavy atom. The van der Waals surface area contributed by atoms with Crippen LogP contribution in [0.25, 0.3) is 10.2 Å². The predicted octanol–water partition coefficient (Wildman–Crippen LogP) is 3.62. The van der Waals surface area contributed by atoms with E-state index in [0.29, 0.717) is 10.7 Å². The van der Waals surface area contributed by atoms with Crippen LogP contribution in [-0.2, 0) is 6.54 Å². The maximum absolute atomic E-state index is 12.8. The van der Waals surface area contributed by atoms with Gasteiger partial charge >= 0.3 is 0 Å². The molecular formula is C19H18N6OS. The lowest BCUT2D eigenvalue weighted by Gasteiger charge is -2.15. The molecule has 1 fully saturated rings. The average molecular weight is 378 g/mol. The first-order chi connectivity index (χ1) is 13.3. The van der Waals surface area contributed by atoms with Gasteiger partial charge in [-0.25, -0.2) is 15.0 Å². The van der Waals surface area contributed by atoms with Crippen LogP contribution in [0.5, 0.6) is 0 Å². The van der Waals surface area contributed by atoms with Crippen molar-refractivity contribution in [2.45, 2.75) is 19.4 Å². The molecule has 0 atom stereocenters. The quantitative estimate of drug-likeness (QED) is 0.724. The van der Waals surface area contributed by atoms with Gasteiger partial charge in [0.1, 0.15) is 16.0 Å². The van der Waals surface area contributed by atoms with Crippen molar-refractivity contribution in [2.75, 3.05) is 23.7 Å². The van der Waals surface area contributed by atoms with E-state index >= 15 is 0 Å². The minimum Gasteiger partial charge on any atom is -0.344 e. The van der Waals surface area contributed by atoms with Gasteiger partial charge in [0.15, 0.2) is 5.82 Å². The number of benzene rings is 1. The molecule has 27 heavy (non-hydrogen) atoms. The molecule has 136 valence electrons. The van der Waals surface area contributed by atoms with Crippen LogP contribution < -0.4 is 10.6 Å². The summed E-state index contributed by atoms with van der Waals surface area (Å²) in [7, 11) is 0. The number of thiophene rings is 1. The molecule has 0 aliphatic carbocycles. The van der Waals surface area contributed by atoms with E-state index in [4.69, 9.17) is 0 Å². The molecule has 1 amide bonds. The lowest BCUT2D eigenvalue weighted by molar-refractivity contribution is 0.103. The van der Waals surface area contributed by atoms with Crippen LogP contribution in [0.15, 0.2) is 35.6 Å². The number of rotatable bonds is 4. The summed E-state index contributed by atoms with van der Waals surface area (Å²) in [6.07, 6.45) is 5.61. The Bertz CT molecular complexity index is 1040. The first kappa shape index (κ1) is 16.3. The van der Waals surface area contributed by atoms with Crippen molar-refractivity contribution >= 4 is 51.0 Å². The molecule has 4 heterocycles. The summed E-state index contributed by atoms with van der Waals surface area (Å²) in [5, 5.41) is 6.85. The summed E-state index contributed by atoms with van der Waals surface area (Å²) in [6, 6.07) is 8.08. The van der Waals surface area contributed by atoms with E-state index in [-0.39, 0.29) is 5.91 Å². The molecule has 2 aliphatic rings. The normalized spacial score (nSPS) is 15.9. The molecule has 2 aliphatic heterocycles. The zero-order valence-electron chi connectivity index (χ0n) is 14.6. The van der Waals surface area contributed by atoms with Crippen molar-refractivity contribution in [3.05, 3.63) is 41.0 Å². The van der Waals surface area contributed by atoms with Gasteiger partial charge in [-0.2, -0.15) is 0 Å². The van der Waals surface area contributed by atoms with Crippen LogP contribution in [0.4, 0.5) is 17.2 Å². The monoisotopic (exact) mass is 378 g/mol. The summed E-state index contributed by atoms with van der Waals surface area (Å²) in [4.78, 5) is 29.3. The number of amides is 1. The van der Waals surface area contributed by atoms with Gasteiger partial charge in [0, 0.05) is 12.2 Å². The third kappa shape index (κ3) is 3.07. The van der Waals surface area contributed by atoms with Crippen molar-refractivity contribution in [1.82, 2.24) is 14.9 Å². The fourth-order valence-electron chi connectivity index (χ4n) is 3.55. The second-order valence-corrected chi connectivity index (χ2v) is 7.72. The minimum absolute atomic E-state index is 0.158. The van der Waals surface area contributed by atoms with E-state index < -0.39 is 0 Å². The minimum atomic E-state index is -0.158. The zero-order valence-corrected chi connectivity index (χ0v) is 15.4. The van der Waals surface area contributed by atoms with Crippen LogP contribution in [0.2, 0.25) is 0 Å². The van der Waals surface area contributed by atoms with Crippen LogP contribution in [-0.4, -0.2) is 40.2 Å². The van der Waals surface area contributed by atoms with Crippen molar-refractivity contribution in [2.24, 2.45) is 4.99 Å². The third-order valence-corrected chi connectivity index (χ3v) is 5.98. The second kappa shape index (κ2) is 6.71. The topological polar surface area (TPSA) is 82.5 Å².